The largest absolute Gasteiger partial charge is 0.483 e. The number of benzene rings is 2. The molecule has 0 aliphatic heterocycles. The number of rotatable bonds is 8. The number of allylic oxidation sites excluding steroid dienone is 2. The second kappa shape index (κ2) is 9.88. The second-order valence-corrected chi connectivity index (χ2v) is 8.78. The van der Waals surface area contributed by atoms with Gasteiger partial charge in [-0.25, -0.2) is 0 Å². The molecule has 1 aliphatic carbocycles. The van der Waals surface area contributed by atoms with Crippen molar-refractivity contribution in [3.8, 4) is 5.75 Å². The third kappa shape index (κ3) is 6.29. The van der Waals surface area contributed by atoms with Gasteiger partial charge in [-0.1, -0.05) is 54.6 Å². The summed E-state index contributed by atoms with van der Waals surface area (Å²) in [6, 6.07) is 15.7. The van der Waals surface area contributed by atoms with E-state index in [1.807, 2.05) is 30.3 Å². The van der Waals surface area contributed by atoms with Crippen molar-refractivity contribution in [3.63, 3.8) is 0 Å². The lowest BCUT2D eigenvalue weighted by Crippen LogP contribution is -2.38. The molecule has 0 saturated heterocycles. The molecule has 7 heteroatoms. The van der Waals surface area contributed by atoms with Crippen LogP contribution in [0.1, 0.15) is 24.8 Å². The fourth-order valence-electron chi connectivity index (χ4n) is 3.44. The summed E-state index contributed by atoms with van der Waals surface area (Å²) in [4.78, 5) is 33.7. The van der Waals surface area contributed by atoms with Gasteiger partial charge >= 0.3 is 7.60 Å². The average molecular weight is 415 g/mol. The quantitative estimate of drug-likeness (QED) is 0.511. The summed E-state index contributed by atoms with van der Waals surface area (Å²) in [5.74, 6) is 0.230. The third-order valence-electron chi connectivity index (χ3n) is 4.96. The van der Waals surface area contributed by atoms with Crippen LogP contribution in [0.15, 0.2) is 66.7 Å². The summed E-state index contributed by atoms with van der Waals surface area (Å²) in [6.45, 7) is 0.831. The van der Waals surface area contributed by atoms with E-state index in [0.717, 1.165) is 24.8 Å². The van der Waals surface area contributed by atoms with Gasteiger partial charge in [-0.15, -0.1) is 0 Å². The topological polar surface area (TPSA) is 87.1 Å². The summed E-state index contributed by atoms with van der Waals surface area (Å²) in [5.41, 5.74) is 1.03. The Labute approximate surface area is 171 Å². The Bertz CT molecular complexity index is 893. The fourth-order valence-corrected chi connectivity index (χ4v) is 4.15. The number of para-hydroxylation sites is 1. The Morgan fingerprint density at radius 2 is 1.79 bits per heavy atom. The monoisotopic (exact) mass is 415 g/mol. The van der Waals surface area contributed by atoms with E-state index in [1.165, 1.54) is 18.2 Å². The van der Waals surface area contributed by atoms with Gasteiger partial charge in [0.05, 0.1) is 0 Å². The van der Waals surface area contributed by atoms with Crippen molar-refractivity contribution in [1.29, 1.82) is 0 Å². The second-order valence-electron chi connectivity index (χ2n) is 7.21. The van der Waals surface area contributed by atoms with Crippen molar-refractivity contribution >= 4 is 18.8 Å². The molecule has 2 N–H and O–H groups in total. The molecule has 0 radical (unpaired) electrons. The fraction of sp³-hybridized carbons (Fsp3) is 0.318. The molecule has 0 heterocycles. The van der Waals surface area contributed by atoms with Crippen LogP contribution in [-0.2, 0) is 15.9 Å². The van der Waals surface area contributed by atoms with E-state index in [-0.39, 0.29) is 23.6 Å². The summed E-state index contributed by atoms with van der Waals surface area (Å²) in [6.07, 6.45) is 7.33. The van der Waals surface area contributed by atoms with Gasteiger partial charge in [0.25, 0.3) is 5.91 Å². The number of amides is 1. The van der Waals surface area contributed by atoms with Crippen molar-refractivity contribution in [1.82, 2.24) is 4.90 Å². The van der Waals surface area contributed by atoms with Crippen LogP contribution < -0.4 is 10.0 Å². The van der Waals surface area contributed by atoms with Crippen molar-refractivity contribution < 1.29 is 23.9 Å². The van der Waals surface area contributed by atoms with Gasteiger partial charge in [-0.05, 0) is 42.9 Å². The Morgan fingerprint density at radius 3 is 2.48 bits per heavy atom. The molecule has 2 aromatic rings. The lowest BCUT2D eigenvalue weighted by molar-refractivity contribution is -0.134. The molecule has 0 fully saturated rings. The van der Waals surface area contributed by atoms with Crippen molar-refractivity contribution in [2.24, 2.45) is 5.92 Å². The first-order valence-electron chi connectivity index (χ1n) is 9.68. The van der Waals surface area contributed by atoms with Crippen LogP contribution in [-0.4, -0.2) is 33.7 Å². The van der Waals surface area contributed by atoms with Gasteiger partial charge in [0.15, 0.2) is 6.61 Å². The normalized spacial score (nSPS) is 16.4. The summed E-state index contributed by atoms with van der Waals surface area (Å²) in [5, 5.41) is -0.208. The number of ether oxygens (including phenoxy) is 1. The van der Waals surface area contributed by atoms with Crippen molar-refractivity contribution in [3.05, 3.63) is 72.3 Å². The first-order chi connectivity index (χ1) is 13.9. The van der Waals surface area contributed by atoms with E-state index in [1.54, 1.807) is 11.0 Å². The molecule has 2 aromatic carbocycles. The van der Waals surface area contributed by atoms with Crippen molar-refractivity contribution in [2.75, 3.05) is 13.2 Å². The van der Waals surface area contributed by atoms with Gasteiger partial charge < -0.3 is 19.4 Å². The lowest BCUT2D eigenvalue weighted by Gasteiger charge is -2.28. The minimum Gasteiger partial charge on any atom is -0.483 e. The molecule has 3 rings (SSSR count). The third-order valence-corrected chi connectivity index (χ3v) is 5.95. The molecule has 0 aromatic heterocycles. The lowest BCUT2D eigenvalue weighted by atomic mass is 9.94. The molecular formula is C22H26NO5P. The summed E-state index contributed by atoms with van der Waals surface area (Å²) in [7, 11) is -4.48. The molecule has 29 heavy (non-hydrogen) atoms. The van der Waals surface area contributed by atoms with Gasteiger partial charge in [-0.2, -0.15) is 0 Å². The maximum absolute atomic E-state index is 12.9. The van der Waals surface area contributed by atoms with Crippen LogP contribution in [0.25, 0.3) is 0 Å². The smallest absolute Gasteiger partial charge is 0.359 e. The number of carbonyl (C=O) groups excluding carboxylic acids is 1. The van der Waals surface area contributed by atoms with Crippen LogP contribution in [0.2, 0.25) is 0 Å². The predicted molar refractivity (Wildman–Crippen MR) is 112 cm³/mol. The molecule has 154 valence electrons. The Hall–Kier alpha value is -2.40. The summed E-state index contributed by atoms with van der Waals surface area (Å²) < 4.78 is 17.2. The number of nitrogens with zero attached hydrogens (tertiary/aromatic N) is 1. The Balaban J connectivity index is 1.71. The van der Waals surface area contributed by atoms with Crippen LogP contribution in [0, 0.1) is 5.92 Å². The van der Waals surface area contributed by atoms with Crippen LogP contribution in [0.5, 0.6) is 5.75 Å². The Kier molecular flexibility index (Phi) is 7.26. The highest BCUT2D eigenvalue weighted by Gasteiger charge is 2.24. The molecule has 0 saturated carbocycles. The minimum atomic E-state index is -4.48. The number of hydrogen-bond acceptors (Lipinski definition) is 3. The van der Waals surface area contributed by atoms with Gasteiger partial charge in [0.2, 0.25) is 0 Å². The highest BCUT2D eigenvalue weighted by molar-refractivity contribution is 7.60. The molecule has 0 bridgehead atoms. The average Bonchev–Trinajstić information content (AvgIpc) is 2.72. The van der Waals surface area contributed by atoms with E-state index < -0.39 is 7.60 Å². The molecule has 1 atom stereocenters. The maximum Gasteiger partial charge on any atom is 0.359 e. The van der Waals surface area contributed by atoms with Crippen molar-refractivity contribution in [2.45, 2.75) is 25.8 Å². The molecule has 0 unspecified atom stereocenters. The minimum absolute atomic E-state index is 0.0365. The van der Waals surface area contributed by atoms with E-state index in [4.69, 9.17) is 4.74 Å². The van der Waals surface area contributed by atoms with Crippen LogP contribution >= 0.6 is 7.60 Å². The van der Waals surface area contributed by atoms with E-state index in [2.05, 4.69) is 12.2 Å². The van der Waals surface area contributed by atoms with E-state index >= 15 is 0 Å². The Morgan fingerprint density at radius 1 is 1.07 bits per heavy atom. The zero-order chi connectivity index (χ0) is 20.7. The zero-order valence-corrected chi connectivity index (χ0v) is 17.1. The first-order valence-corrected chi connectivity index (χ1v) is 11.3. The van der Waals surface area contributed by atoms with Crippen LogP contribution in [0.4, 0.5) is 0 Å². The number of hydrogen-bond donors (Lipinski definition) is 2. The van der Waals surface area contributed by atoms with Gasteiger partial charge in [0.1, 0.15) is 11.1 Å². The summed E-state index contributed by atoms with van der Waals surface area (Å²) >= 11 is 0. The number of carbonyl (C=O) groups is 1. The standard InChI is InChI=1S/C22H26NO5P/c24-22(17-28-20-13-7-8-14-21(20)29(25,26)27)23(15-18-9-3-1-4-10-18)16-19-11-5-2-6-12-19/h1-5,7-10,13-14,19H,6,11-12,15-17H2,(H2,25,26,27)/t19-/m1/s1. The molecule has 1 aliphatic rings. The maximum atomic E-state index is 12.9. The van der Waals surface area contributed by atoms with Gasteiger partial charge in [0, 0.05) is 13.1 Å². The molecule has 6 nitrogen and oxygen atoms in total. The highest BCUT2D eigenvalue weighted by Crippen LogP contribution is 2.37. The van der Waals surface area contributed by atoms with E-state index in [9.17, 15) is 19.1 Å². The molecule has 1 amide bonds. The molecular weight excluding hydrogens is 389 g/mol. The predicted octanol–water partition coefficient (Wildman–Crippen LogP) is 3.25. The SMILES string of the molecule is O=C(COc1ccccc1P(=O)(O)O)N(Cc1ccccc1)C[C@@H]1CC=CCC1. The highest BCUT2D eigenvalue weighted by atomic mass is 31.2. The first kappa shape index (κ1) is 21.3. The van der Waals surface area contributed by atoms with Gasteiger partial charge in [-0.3, -0.25) is 9.36 Å². The van der Waals surface area contributed by atoms with E-state index in [0.29, 0.717) is 19.0 Å². The van der Waals surface area contributed by atoms with Crippen LogP contribution in [0.3, 0.4) is 0 Å². The zero-order valence-electron chi connectivity index (χ0n) is 16.2. The molecule has 0 spiro atoms.